The van der Waals surface area contributed by atoms with E-state index >= 15 is 0 Å². The van der Waals surface area contributed by atoms with Gasteiger partial charge in [0, 0.05) is 24.3 Å². The monoisotopic (exact) mass is 396 g/mol. The van der Waals surface area contributed by atoms with Crippen molar-refractivity contribution >= 4 is 11.9 Å². The lowest BCUT2D eigenvalue weighted by Crippen LogP contribution is -2.37. The molecular weight excluding hydrogens is 364 g/mol. The van der Waals surface area contributed by atoms with Gasteiger partial charge in [0.05, 0.1) is 0 Å². The average molecular weight is 397 g/mol. The van der Waals surface area contributed by atoms with Crippen LogP contribution < -0.4 is 14.8 Å². The second-order valence-corrected chi connectivity index (χ2v) is 9.00. The summed E-state index contributed by atoms with van der Waals surface area (Å²) in [5, 5.41) is 3.56. The van der Waals surface area contributed by atoms with Crippen LogP contribution in [0, 0.1) is 5.92 Å². The maximum Gasteiger partial charge on any atom is 0.119 e. The molecule has 2 N–H and O–H groups in total. The Kier molecular flexibility index (Phi) is 6.95. The molecule has 0 bridgehead atoms. The van der Waals surface area contributed by atoms with Gasteiger partial charge in [-0.1, -0.05) is 48.3 Å². The lowest BCUT2D eigenvalue weighted by atomic mass is 9.76. The first-order valence-electron chi connectivity index (χ1n) is 10.6. The first-order chi connectivity index (χ1) is 13.8. The summed E-state index contributed by atoms with van der Waals surface area (Å²) in [6, 6.07) is 18.1. The third-order valence-corrected chi connectivity index (χ3v) is 7.03. The van der Waals surface area contributed by atoms with Crippen LogP contribution >= 0.6 is 11.9 Å². The molecule has 0 aromatic heterocycles. The van der Waals surface area contributed by atoms with Crippen LogP contribution in [0.1, 0.15) is 41.9 Å². The molecule has 2 atom stereocenters. The van der Waals surface area contributed by atoms with Crippen LogP contribution in [0.5, 0.6) is 5.75 Å². The van der Waals surface area contributed by atoms with Crippen molar-refractivity contribution in [2.24, 2.45) is 5.92 Å². The molecule has 2 aromatic carbocycles. The Balaban J connectivity index is 1.38. The topological polar surface area (TPSA) is 33.3 Å². The normalized spacial score (nSPS) is 21.3. The Morgan fingerprint density at radius 2 is 1.93 bits per heavy atom. The number of likely N-dealkylation sites (N-methyl/N-ethyl adjacent to an activating group) is 1. The predicted octanol–water partition coefficient (Wildman–Crippen LogP) is 4.57. The molecule has 1 saturated carbocycles. The average Bonchev–Trinajstić information content (AvgIpc) is 3.56. The number of hydrogen-bond donors (Lipinski definition) is 2. The molecule has 2 aromatic rings. The standard InChI is InChI=1S/C24H32N2OS/c1-25-24-12-10-20-9-11-21(27-14-13-26-28-17-19-7-8-19)16-22(20)23(24)15-18-5-3-2-4-6-18/h2-6,9,11,16,19,23-26H,7-8,10,12-15,17H2,1H3. The van der Waals surface area contributed by atoms with E-state index in [9.17, 15) is 0 Å². The zero-order chi connectivity index (χ0) is 19.2. The lowest BCUT2D eigenvalue weighted by Gasteiger charge is -2.34. The SMILES string of the molecule is CNC1CCc2ccc(OCCNSCC3CC3)cc2C1Cc1ccccc1. The second-order valence-electron chi connectivity index (χ2n) is 8.09. The summed E-state index contributed by atoms with van der Waals surface area (Å²) < 4.78 is 9.49. The van der Waals surface area contributed by atoms with Crippen LogP contribution in [-0.2, 0) is 12.8 Å². The number of benzene rings is 2. The Morgan fingerprint density at radius 3 is 2.71 bits per heavy atom. The van der Waals surface area contributed by atoms with Gasteiger partial charge in [0.1, 0.15) is 12.4 Å². The van der Waals surface area contributed by atoms with Crippen molar-refractivity contribution in [3.8, 4) is 5.75 Å². The molecule has 2 aliphatic carbocycles. The fourth-order valence-corrected chi connectivity index (χ4v) is 5.09. The Bertz CT molecular complexity index is 748. The van der Waals surface area contributed by atoms with E-state index in [0.717, 1.165) is 37.7 Å². The smallest absolute Gasteiger partial charge is 0.119 e. The summed E-state index contributed by atoms with van der Waals surface area (Å²) in [5.74, 6) is 3.70. The highest BCUT2D eigenvalue weighted by atomic mass is 32.2. The van der Waals surface area contributed by atoms with Gasteiger partial charge in [-0.25, -0.2) is 0 Å². The largest absolute Gasteiger partial charge is 0.492 e. The minimum atomic E-state index is 0.493. The van der Waals surface area contributed by atoms with Crippen molar-refractivity contribution in [2.45, 2.75) is 44.1 Å². The Labute approximate surface area is 173 Å². The van der Waals surface area contributed by atoms with E-state index in [4.69, 9.17) is 4.74 Å². The lowest BCUT2D eigenvalue weighted by molar-refractivity contribution is 0.322. The summed E-state index contributed by atoms with van der Waals surface area (Å²) in [5.41, 5.74) is 4.35. The Hall–Kier alpha value is -1.49. The summed E-state index contributed by atoms with van der Waals surface area (Å²) in [6.07, 6.45) is 6.24. The van der Waals surface area contributed by atoms with Crippen molar-refractivity contribution in [3.05, 3.63) is 65.2 Å². The maximum absolute atomic E-state index is 6.07. The number of rotatable bonds is 10. The summed E-state index contributed by atoms with van der Waals surface area (Å²) >= 11 is 1.85. The van der Waals surface area contributed by atoms with Crippen molar-refractivity contribution in [3.63, 3.8) is 0 Å². The maximum atomic E-state index is 6.07. The van der Waals surface area contributed by atoms with Crippen LogP contribution in [0.2, 0.25) is 0 Å². The molecule has 0 aliphatic heterocycles. The van der Waals surface area contributed by atoms with E-state index in [-0.39, 0.29) is 0 Å². The van der Waals surface area contributed by atoms with Crippen molar-refractivity contribution in [2.75, 3.05) is 26.0 Å². The van der Waals surface area contributed by atoms with Gasteiger partial charge < -0.3 is 10.1 Å². The van der Waals surface area contributed by atoms with Gasteiger partial charge in [0.25, 0.3) is 0 Å². The zero-order valence-corrected chi connectivity index (χ0v) is 17.6. The van der Waals surface area contributed by atoms with E-state index in [1.54, 1.807) is 0 Å². The minimum absolute atomic E-state index is 0.493. The van der Waals surface area contributed by atoms with E-state index in [0.29, 0.717) is 12.0 Å². The first-order valence-corrected chi connectivity index (χ1v) is 11.6. The van der Waals surface area contributed by atoms with Gasteiger partial charge in [-0.15, -0.1) is 0 Å². The summed E-state index contributed by atoms with van der Waals surface area (Å²) in [6.45, 7) is 1.61. The highest BCUT2D eigenvalue weighted by Gasteiger charge is 2.29. The molecule has 1 fully saturated rings. The molecule has 3 nitrogen and oxygen atoms in total. The molecule has 28 heavy (non-hydrogen) atoms. The minimum Gasteiger partial charge on any atom is -0.492 e. The van der Waals surface area contributed by atoms with Crippen LogP contribution in [-0.4, -0.2) is 32.0 Å². The van der Waals surface area contributed by atoms with Gasteiger partial charge in [0.2, 0.25) is 0 Å². The van der Waals surface area contributed by atoms with Crippen LogP contribution in [0.3, 0.4) is 0 Å². The molecule has 2 aliphatic rings. The number of hydrogen-bond acceptors (Lipinski definition) is 4. The van der Waals surface area contributed by atoms with Crippen molar-refractivity contribution in [1.82, 2.24) is 10.0 Å². The zero-order valence-electron chi connectivity index (χ0n) is 16.8. The number of fused-ring (bicyclic) bond motifs is 1. The molecule has 0 amide bonds. The van der Waals surface area contributed by atoms with Crippen LogP contribution in [0.4, 0.5) is 0 Å². The predicted molar refractivity (Wildman–Crippen MR) is 119 cm³/mol. The van der Waals surface area contributed by atoms with Gasteiger partial charge in [-0.2, -0.15) is 0 Å². The third-order valence-electron chi connectivity index (χ3n) is 5.99. The van der Waals surface area contributed by atoms with Crippen LogP contribution in [0.25, 0.3) is 0 Å². The molecule has 150 valence electrons. The molecule has 2 unspecified atom stereocenters. The van der Waals surface area contributed by atoms with E-state index in [1.807, 2.05) is 11.9 Å². The third kappa shape index (κ3) is 5.31. The highest BCUT2D eigenvalue weighted by Crippen LogP contribution is 2.36. The van der Waals surface area contributed by atoms with Crippen molar-refractivity contribution < 1.29 is 4.74 Å². The van der Waals surface area contributed by atoms with E-state index in [1.165, 1.54) is 41.7 Å². The fraction of sp³-hybridized carbons (Fsp3) is 0.500. The number of ether oxygens (including phenoxy) is 1. The molecular formula is C24H32N2OS. The van der Waals surface area contributed by atoms with Gasteiger partial charge in [0.15, 0.2) is 0 Å². The number of nitrogens with one attached hydrogen (secondary N) is 2. The van der Waals surface area contributed by atoms with Gasteiger partial charge >= 0.3 is 0 Å². The quantitative estimate of drug-likeness (QED) is 0.455. The molecule has 0 spiro atoms. The highest BCUT2D eigenvalue weighted by molar-refractivity contribution is 7.97. The Morgan fingerprint density at radius 1 is 1.07 bits per heavy atom. The fourth-order valence-electron chi connectivity index (χ4n) is 4.17. The van der Waals surface area contributed by atoms with Gasteiger partial charge in [-0.3, -0.25) is 4.72 Å². The first kappa shape index (κ1) is 19.8. The van der Waals surface area contributed by atoms with Gasteiger partial charge in [-0.05, 0) is 73.9 Å². The summed E-state index contributed by atoms with van der Waals surface area (Å²) in [4.78, 5) is 0. The molecule has 4 heteroatoms. The van der Waals surface area contributed by atoms with E-state index in [2.05, 4.69) is 65.6 Å². The molecule has 0 heterocycles. The molecule has 4 rings (SSSR count). The van der Waals surface area contributed by atoms with E-state index < -0.39 is 0 Å². The van der Waals surface area contributed by atoms with Crippen molar-refractivity contribution in [1.29, 1.82) is 0 Å². The second kappa shape index (κ2) is 9.82. The molecule has 0 radical (unpaired) electrons. The van der Waals surface area contributed by atoms with Crippen LogP contribution in [0.15, 0.2) is 48.5 Å². The number of aryl methyl sites for hydroxylation is 1. The molecule has 0 saturated heterocycles. The summed E-state index contributed by atoms with van der Waals surface area (Å²) in [7, 11) is 2.10.